The molecular weight excluding hydrogens is 326 g/mol. The number of aromatic nitrogens is 2. The van der Waals surface area contributed by atoms with Crippen LogP contribution in [0.3, 0.4) is 0 Å². The fourth-order valence-electron chi connectivity index (χ4n) is 2.67. The Morgan fingerprint density at radius 3 is 2.75 bits per heavy atom. The summed E-state index contributed by atoms with van der Waals surface area (Å²) in [7, 11) is 1.74. The summed E-state index contributed by atoms with van der Waals surface area (Å²) in [5.74, 6) is -0.141. The average Bonchev–Trinajstić information content (AvgIpc) is 3.08. The zero-order chi connectivity index (χ0) is 17.3. The monoisotopic (exact) mass is 343 g/mol. The van der Waals surface area contributed by atoms with Crippen LogP contribution in [-0.2, 0) is 13.1 Å². The van der Waals surface area contributed by atoms with E-state index in [1.54, 1.807) is 48.4 Å². The number of benzene rings is 1. The van der Waals surface area contributed by atoms with Crippen LogP contribution in [0.25, 0.3) is 11.0 Å². The Morgan fingerprint density at radius 1 is 1.29 bits per heavy atom. The number of H-pyrrole nitrogens is 1. The maximum Gasteiger partial charge on any atom is 0.316 e. The van der Waals surface area contributed by atoms with Gasteiger partial charge in [-0.1, -0.05) is 0 Å². The number of aryl methyl sites for hydroxylation is 1. The fourth-order valence-corrected chi connectivity index (χ4v) is 3.33. The first kappa shape index (κ1) is 16.2. The lowest BCUT2D eigenvalue weighted by molar-refractivity contribution is 0.0785. The molecular formula is C17H17N3O3S. The van der Waals surface area contributed by atoms with Gasteiger partial charge in [-0.25, -0.2) is 0 Å². The van der Waals surface area contributed by atoms with Crippen LogP contribution in [-0.4, -0.2) is 27.4 Å². The number of aromatic amines is 1. The molecule has 3 aromatic rings. The Kier molecular flexibility index (Phi) is 4.35. The molecule has 0 unspecified atom stereocenters. The Balaban J connectivity index is 1.98. The number of nitrogens with one attached hydrogen (secondary N) is 1. The summed E-state index contributed by atoms with van der Waals surface area (Å²) in [5.41, 5.74) is 1.37. The Morgan fingerprint density at radius 2 is 2.08 bits per heavy atom. The predicted molar refractivity (Wildman–Crippen MR) is 94.6 cm³/mol. The van der Waals surface area contributed by atoms with Crippen molar-refractivity contribution in [1.82, 2.24) is 14.5 Å². The van der Waals surface area contributed by atoms with E-state index in [4.69, 9.17) is 0 Å². The number of thiophene rings is 1. The predicted octanol–water partition coefficient (Wildman–Crippen LogP) is 2.04. The van der Waals surface area contributed by atoms with Crippen LogP contribution < -0.4 is 11.1 Å². The van der Waals surface area contributed by atoms with Crippen molar-refractivity contribution in [3.63, 3.8) is 0 Å². The number of hydrogen-bond donors (Lipinski definition) is 1. The van der Waals surface area contributed by atoms with Crippen LogP contribution in [0.2, 0.25) is 0 Å². The highest BCUT2D eigenvalue weighted by Gasteiger charge is 2.14. The number of fused-ring (bicyclic) bond motifs is 1. The smallest absolute Gasteiger partial charge is 0.316 e. The Hall–Kier alpha value is -2.67. The largest absolute Gasteiger partial charge is 0.337 e. The summed E-state index contributed by atoms with van der Waals surface area (Å²) in [6, 6.07) is 6.97. The van der Waals surface area contributed by atoms with E-state index in [9.17, 15) is 14.4 Å². The molecule has 6 nitrogen and oxygen atoms in total. The van der Waals surface area contributed by atoms with E-state index in [1.807, 2.05) is 16.8 Å². The van der Waals surface area contributed by atoms with Crippen molar-refractivity contribution < 1.29 is 4.79 Å². The van der Waals surface area contributed by atoms with Crippen molar-refractivity contribution in [1.29, 1.82) is 0 Å². The standard InChI is InChI=1S/C17H17N3O3S/c1-3-20-14-5-4-12(8-13(14)18-15(21)17(20)23)16(22)19(2)9-11-6-7-24-10-11/h4-8,10H,3,9H2,1-2H3,(H,18,21). The number of rotatable bonds is 4. The van der Waals surface area contributed by atoms with Crippen LogP contribution >= 0.6 is 11.3 Å². The van der Waals surface area contributed by atoms with Gasteiger partial charge in [-0.2, -0.15) is 11.3 Å². The van der Waals surface area contributed by atoms with Crippen LogP contribution in [0.4, 0.5) is 0 Å². The molecule has 0 spiro atoms. The highest BCUT2D eigenvalue weighted by atomic mass is 32.1. The van der Waals surface area contributed by atoms with Gasteiger partial charge in [0, 0.05) is 25.7 Å². The first-order chi connectivity index (χ1) is 11.5. The van der Waals surface area contributed by atoms with Crippen LogP contribution in [0, 0.1) is 0 Å². The van der Waals surface area contributed by atoms with Crippen molar-refractivity contribution in [3.8, 4) is 0 Å². The molecule has 0 bridgehead atoms. The summed E-state index contributed by atoms with van der Waals surface area (Å²) < 4.78 is 1.40. The summed E-state index contributed by atoms with van der Waals surface area (Å²) in [5, 5.41) is 3.97. The number of nitrogens with zero attached hydrogens (tertiary/aromatic N) is 2. The zero-order valence-electron chi connectivity index (χ0n) is 13.4. The summed E-state index contributed by atoms with van der Waals surface area (Å²) in [6.45, 7) is 2.71. The third-order valence-electron chi connectivity index (χ3n) is 3.88. The van der Waals surface area contributed by atoms with Gasteiger partial charge in [0.25, 0.3) is 5.91 Å². The molecule has 0 fully saturated rings. The van der Waals surface area contributed by atoms with Crippen LogP contribution in [0.15, 0.2) is 44.6 Å². The van der Waals surface area contributed by atoms with Crippen molar-refractivity contribution in [2.75, 3.05) is 7.05 Å². The third-order valence-corrected chi connectivity index (χ3v) is 4.62. The minimum absolute atomic E-state index is 0.141. The van der Waals surface area contributed by atoms with E-state index in [2.05, 4.69) is 4.98 Å². The molecule has 0 aliphatic heterocycles. The number of carbonyl (C=O) groups is 1. The van der Waals surface area contributed by atoms with Crippen molar-refractivity contribution in [3.05, 3.63) is 66.9 Å². The summed E-state index contributed by atoms with van der Waals surface area (Å²) in [6.07, 6.45) is 0. The summed E-state index contributed by atoms with van der Waals surface area (Å²) >= 11 is 1.59. The van der Waals surface area contributed by atoms with E-state index >= 15 is 0 Å². The van der Waals surface area contributed by atoms with E-state index in [0.29, 0.717) is 29.7 Å². The number of amides is 1. The molecule has 0 aliphatic carbocycles. The quantitative estimate of drug-likeness (QED) is 0.737. The lowest BCUT2D eigenvalue weighted by atomic mass is 10.1. The minimum atomic E-state index is -0.680. The first-order valence-corrected chi connectivity index (χ1v) is 8.49. The molecule has 24 heavy (non-hydrogen) atoms. The average molecular weight is 343 g/mol. The van der Waals surface area contributed by atoms with Crippen molar-refractivity contribution in [2.45, 2.75) is 20.0 Å². The molecule has 1 aromatic carbocycles. The van der Waals surface area contributed by atoms with Gasteiger partial charge in [0.05, 0.1) is 11.0 Å². The molecule has 0 atom stereocenters. The lowest BCUT2D eigenvalue weighted by Gasteiger charge is -2.17. The molecule has 0 aliphatic rings. The van der Waals surface area contributed by atoms with E-state index in [0.717, 1.165) is 5.56 Å². The fraction of sp³-hybridized carbons (Fsp3) is 0.235. The van der Waals surface area contributed by atoms with E-state index in [-0.39, 0.29) is 5.91 Å². The Bertz CT molecular complexity index is 1000. The van der Waals surface area contributed by atoms with Gasteiger partial charge >= 0.3 is 11.1 Å². The second kappa shape index (κ2) is 6.45. The van der Waals surface area contributed by atoms with Gasteiger partial charge in [-0.3, -0.25) is 14.4 Å². The molecule has 1 amide bonds. The van der Waals surface area contributed by atoms with Crippen LogP contribution in [0.5, 0.6) is 0 Å². The normalized spacial score (nSPS) is 10.9. The molecule has 0 radical (unpaired) electrons. The van der Waals surface area contributed by atoms with Gasteiger partial charge < -0.3 is 14.5 Å². The highest BCUT2D eigenvalue weighted by Crippen LogP contribution is 2.15. The molecule has 7 heteroatoms. The second-order valence-corrected chi connectivity index (χ2v) is 6.31. The van der Waals surface area contributed by atoms with Gasteiger partial charge in [-0.05, 0) is 47.5 Å². The van der Waals surface area contributed by atoms with Crippen LogP contribution in [0.1, 0.15) is 22.8 Å². The molecule has 3 rings (SSSR count). The van der Waals surface area contributed by atoms with Crippen molar-refractivity contribution >= 4 is 28.3 Å². The number of hydrogen-bond acceptors (Lipinski definition) is 4. The zero-order valence-corrected chi connectivity index (χ0v) is 14.2. The van der Waals surface area contributed by atoms with Gasteiger partial charge in [0.2, 0.25) is 0 Å². The first-order valence-electron chi connectivity index (χ1n) is 7.54. The molecule has 124 valence electrons. The number of carbonyl (C=O) groups excluding carboxylic acids is 1. The third kappa shape index (κ3) is 2.90. The lowest BCUT2D eigenvalue weighted by Crippen LogP contribution is -2.36. The van der Waals surface area contributed by atoms with Gasteiger partial charge in [0.15, 0.2) is 0 Å². The maximum atomic E-state index is 12.6. The molecule has 0 saturated heterocycles. The van der Waals surface area contributed by atoms with E-state index < -0.39 is 11.1 Å². The summed E-state index contributed by atoms with van der Waals surface area (Å²) in [4.78, 5) is 40.4. The SMILES string of the molecule is CCn1c(=O)c(=O)[nH]c2cc(C(=O)N(C)Cc3ccsc3)ccc21. The molecule has 0 saturated carbocycles. The van der Waals surface area contributed by atoms with E-state index in [1.165, 1.54) is 4.57 Å². The molecule has 2 aromatic heterocycles. The van der Waals surface area contributed by atoms with Gasteiger partial charge in [0.1, 0.15) is 0 Å². The maximum absolute atomic E-state index is 12.6. The van der Waals surface area contributed by atoms with Gasteiger partial charge in [-0.15, -0.1) is 0 Å². The topological polar surface area (TPSA) is 75.2 Å². The molecule has 1 N–H and O–H groups in total. The Labute approximate surface area is 142 Å². The molecule has 2 heterocycles. The van der Waals surface area contributed by atoms with Crippen molar-refractivity contribution in [2.24, 2.45) is 0 Å². The highest BCUT2D eigenvalue weighted by molar-refractivity contribution is 7.07. The second-order valence-electron chi connectivity index (χ2n) is 5.53. The minimum Gasteiger partial charge on any atom is -0.337 e.